The fourth-order valence-electron chi connectivity index (χ4n) is 3.06. The summed E-state index contributed by atoms with van der Waals surface area (Å²) in [5, 5.41) is 8.00. The highest BCUT2D eigenvalue weighted by Gasteiger charge is 2.30. The van der Waals surface area contributed by atoms with Crippen LogP contribution in [0.4, 0.5) is 0 Å². The molecule has 0 saturated carbocycles. The molecule has 0 spiro atoms. The Morgan fingerprint density at radius 1 is 1.40 bits per heavy atom. The van der Waals surface area contributed by atoms with Gasteiger partial charge in [0.1, 0.15) is 6.33 Å². The first-order chi connectivity index (χ1) is 11.9. The van der Waals surface area contributed by atoms with E-state index < -0.39 is 0 Å². The molecular weight excluding hydrogens is 324 g/mol. The minimum Gasteiger partial charge on any atom is -0.383 e. The lowest BCUT2D eigenvalue weighted by atomic mass is 10.0. The smallest absolute Gasteiger partial charge is 0.227 e. The number of likely N-dealkylation sites (tertiary alicyclic amines) is 1. The van der Waals surface area contributed by atoms with E-state index in [4.69, 9.17) is 10.5 Å². The molecule has 1 aromatic heterocycles. The third kappa shape index (κ3) is 5.23. The number of hydrogen-bond acceptors (Lipinski definition) is 6. The average Bonchev–Trinajstić information content (AvgIpc) is 2.91. The lowest BCUT2D eigenvalue weighted by molar-refractivity contribution is -0.137. The van der Waals surface area contributed by atoms with Crippen LogP contribution in [0.2, 0.25) is 0 Å². The zero-order valence-corrected chi connectivity index (χ0v) is 15.2. The first-order valence-electron chi connectivity index (χ1n) is 8.54. The first-order valence-corrected chi connectivity index (χ1v) is 8.54. The molecule has 0 unspecified atom stereocenters. The summed E-state index contributed by atoms with van der Waals surface area (Å²) in [6, 6.07) is -0.0795. The van der Waals surface area contributed by atoms with Gasteiger partial charge in [-0.05, 0) is 12.8 Å². The van der Waals surface area contributed by atoms with Crippen molar-refractivity contribution in [3.8, 4) is 0 Å². The number of amides is 2. The summed E-state index contributed by atoms with van der Waals surface area (Å²) in [7, 11) is 3.39. The van der Waals surface area contributed by atoms with Gasteiger partial charge in [-0.25, -0.2) is 0 Å². The van der Waals surface area contributed by atoms with E-state index in [0.29, 0.717) is 45.0 Å². The van der Waals surface area contributed by atoms with E-state index in [0.717, 1.165) is 6.42 Å². The topological polar surface area (TPSA) is 107 Å². The van der Waals surface area contributed by atoms with Crippen molar-refractivity contribution in [1.82, 2.24) is 24.6 Å². The van der Waals surface area contributed by atoms with Gasteiger partial charge in [0.2, 0.25) is 11.8 Å². The van der Waals surface area contributed by atoms with Crippen LogP contribution in [-0.2, 0) is 27.4 Å². The van der Waals surface area contributed by atoms with Crippen LogP contribution in [0.5, 0.6) is 0 Å². The lowest BCUT2D eigenvalue weighted by Crippen LogP contribution is -2.42. The highest BCUT2D eigenvalue weighted by molar-refractivity contribution is 5.80. The molecule has 9 heteroatoms. The molecule has 2 atom stereocenters. The minimum absolute atomic E-state index is 0.00152. The molecule has 140 valence electrons. The first kappa shape index (κ1) is 19.3. The molecule has 1 aliphatic heterocycles. The highest BCUT2D eigenvalue weighted by atomic mass is 16.5. The molecule has 0 radical (unpaired) electrons. The van der Waals surface area contributed by atoms with Crippen LogP contribution < -0.4 is 5.73 Å². The molecule has 1 fully saturated rings. The number of carbonyl (C=O) groups excluding carboxylic acids is 2. The molecule has 2 rings (SSSR count). The molecule has 0 aromatic carbocycles. The van der Waals surface area contributed by atoms with Crippen LogP contribution in [0.1, 0.15) is 25.6 Å². The second-order valence-corrected chi connectivity index (χ2v) is 6.59. The molecule has 2 amide bonds. The molecule has 0 aliphatic carbocycles. The predicted molar refractivity (Wildman–Crippen MR) is 91.3 cm³/mol. The fourth-order valence-corrected chi connectivity index (χ4v) is 3.06. The molecule has 1 aliphatic rings. The Kier molecular flexibility index (Phi) is 6.89. The van der Waals surface area contributed by atoms with Crippen molar-refractivity contribution in [2.45, 2.75) is 38.9 Å². The third-order valence-corrected chi connectivity index (χ3v) is 4.56. The average molecular weight is 352 g/mol. The van der Waals surface area contributed by atoms with Gasteiger partial charge in [0.25, 0.3) is 0 Å². The van der Waals surface area contributed by atoms with E-state index in [1.807, 2.05) is 4.57 Å². The van der Waals surface area contributed by atoms with Gasteiger partial charge in [-0.15, -0.1) is 10.2 Å². The monoisotopic (exact) mass is 352 g/mol. The standard InChI is InChI=1S/C16H28N6O3/c1-12(23)22-8-13(4-5-14(17)9-22)16(24)20(2)10-15-19-18-11-21(15)6-7-25-3/h11,13-14H,4-10,17H2,1-3H3/t13-,14+/m1/s1. The second kappa shape index (κ2) is 8.91. The van der Waals surface area contributed by atoms with Gasteiger partial charge in [0.15, 0.2) is 5.82 Å². The maximum absolute atomic E-state index is 12.8. The van der Waals surface area contributed by atoms with Gasteiger partial charge < -0.3 is 24.8 Å². The summed E-state index contributed by atoms with van der Waals surface area (Å²) in [4.78, 5) is 27.9. The van der Waals surface area contributed by atoms with Crippen LogP contribution in [0.3, 0.4) is 0 Å². The van der Waals surface area contributed by atoms with Crippen molar-refractivity contribution < 1.29 is 14.3 Å². The predicted octanol–water partition coefficient (Wildman–Crippen LogP) is -0.531. The summed E-state index contributed by atoms with van der Waals surface area (Å²) >= 11 is 0. The van der Waals surface area contributed by atoms with Crippen LogP contribution >= 0.6 is 0 Å². The van der Waals surface area contributed by atoms with Crippen LogP contribution in [0.15, 0.2) is 6.33 Å². The fraction of sp³-hybridized carbons (Fsp3) is 0.750. The molecule has 2 heterocycles. The summed E-state index contributed by atoms with van der Waals surface area (Å²) in [5.74, 6) is 0.429. The maximum Gasteiger partial charge on any atom is 0.227 e. The summed E-state index contributed by atoms with van der Waals surface area (Å²) in [6.07, 6.45) is 3.05. The number of hydrogen-bond donors (Lipinski definition) is 1. The highest BCUT2D eigenvalue weighted by Crippen LogP contribution is 2.19. The van der Waals surface area contributed by atoms with E-state index in [1.165, 1.54) is 6.92 Å². The Labute approximate surface area is 148 Å². The van der Waals surface area contributed by atoms with Crippen molar-refractivity contribution >= 4 is 11.8 Å². The molecule has 9 nitrogen and oxygen atoms in total. The van der Waals surface area contributed by atoms with Crippen LogP contribution in [0.25, 0.3) is 0 Å². The van der Waals surface area contributed by atoms with Crippen LogP contribution in [0, 0.1) is 5.92 Å². The number of methoxy groups -OCH3 is 1. The number of carbonyl (C=O) groups is 2. The Morgan fingerprint density at radius 2 is 2.16 bits per heavy atom. The SMILES string of the molecule is COCCn1cnnc1CN(C)C(=O)[C@@H]1CC[C@H](N)CN(C(C)=O)C1. The van der Waals surface area contributed by atoms with Crippen molar-refractivity contribution in [3.05, 3.63) is 12.2 Å². The Balaban J connectivity index is 2.01. The van der Waals surface area contributed by atoms with E-state index in [-0.39, 0.29) is 23.8 Å². The summed E-state index contributed by atoms with van der Waals surface area (Å²) in [6.45, 7) is 4.00. The molecule has 1 aromatic rings. The maximum atomic E-state index is 12.8. The third-order valence-electron chi connectivity index (χ3n) is 4.56. The second-order valence-electron chi connectivity index (χ2n) is 6.59. The van der Waals surface area contributed by atoms with Crippen molar-refractivity contribution in [2.75, 3.05) is 33.9 Å². The van der Waals surface area contributed by atoms with E-state index in [9.17, 15) is 9.59 Å². The van der Waals surface area contributed by atoms with Crippen molar-refractivity contribution in [2.24, 2.45) is 11.7 Å². The van der Waals surface area contributed by atoms with E-state index in [1.54, 1.807) is 30.3 Å². The molecule has 25 heavy (non-hydrogen) atoms. The summed E-state index contributed by atoms with van der Waals surface area (Å²) < 4.78 is 6.94. The van der Waals surface area contributed by atoms with Gasteiger partial charge in [-0.3, -0.25) is 9.59 Å². The van der Waals surface area contributed by atoms with Gasteiger partial charge in [-0.1, -0.05) is 0 Å². The minimum atomic E-state index is -0.238. The molecule has 0 bridgehead atoms. The Bertz CT molecular complexity index is 590. The Morgan fingerprint density at radius 3 is 2.84 bits per heavy atom. The van der Waals surface area contributed by atoms with Gasteiger partial charge in [-0.2, -0.15) is 0 Å². The Hall–Kier alpha value is -2.00. The number of aromatic nitrogens is 3. The lowest BCUT2D eigenvalue weighted by Gasteiger charge is -2.26. The van der Waals surface area contributed by atoms with E-state index in [2.05, 4.69) is 10.2 Å². The van der Waals surface area contributed by atoms with Gasteiger partial charge >= 0.3 is 0 Å². The number of nitrogens with two attached hydrogens (primary N) is 1. The molecular formula is C16H28N6O3. The summed E-state index contributed by atoms with van der Waals surface area (Å²) in [5.41, 5.74) is 6.03. The van der Waals surface area contributed by atoms with Crippen molar-refractivity contribution in [3.63, 3.8) is 0 Å². The largest absolute Gasteiger partial charge is 0.383 e. The van der Waals surface area contributed by atoms with Crippen LogP contribution in [-0.4, -0.2) is 76.3 Å². The van der Waals surface area contributed by atoms with Crippen molar-refractivity contribution in [1.29, 1.82) is 0 Å². The quantitative estimate of drug-likeness (QED) is 0.737. The normalized spacial score (nSPS) is 21.0. The molecule has 2 N–H and O–H groups in total. The van der Waals surface area contributed by atoms with E-state index >= 15 is 0 Å². The number of ether oxygens (including phenoxy) is 1. The number of rotatable bonds is 6. The zero-order valence-electron chi connectivity index (χ0n) is 15.2. The number of nitrogens with zero attached hydrogens (tertiary/aromatic N) is 5. The van der Waals surface area contributed by atoms with Gasteiger partial charge in [0.05, 0.1) is 19.1 Å². The molecule has 1 saturated heterocycles. The zero-order chi connectivity index (χ0) is 18.4. The van der Waals surface area contributed by atoms with Gasteiger partial charge in [0, 0.05) is 46.8 Å².